The van der Waals surface area contributed by atoms with Gasteiger partial charge in [-0.2, -0.15) is 0 Å². The molecular formula is C22H28FN3O. The monoisotopic (exact) mass is 369 g/mol. The number of halogens is 1. The fraction of sp³-hybridized carbons (Fsp3) is 0.500. The van der Waals surface area contributed by atoms with E-state index in [2.05, 4.69) is 29.2 Å². The van der Waals surface area contributed by atoms with Gasteiger partial charge in [-0.3, -0.25) is 9.69 Å². The molecule has 2 saturated heterocycles. The normalized spacial score (nSPS) is 20.5. The summed E-state index contributed by atoms with van der Waals surface area (Å²) < 4.78 is 15.7. The van der Waals surface area contributed by atoms with Gasteiger partial charge in [0.05, 0.1) is 0 Å². The standard InChI is InChI=1S/C22H28FN3O/c1-3-10-26-16-22(7-6-21(26)27)8-11-25(12-9-22)15-19-14-17-13-18(23)4-5-20(17)24(19)2/h3-5,13-14H,1,6-12,15-16H2,2H3. The molecule has 4 nitrogen and oxygen atoms in total. The summed E-state index contributed by atoms with van der Waals surface area (Å²) in [5.41, 5.74) is 2.57. The molecule has 3 heterocycles. The third-order valence-corrected chi connectivity index (χ3v) is 6.50. The molecule has 2 aromatic rings. The Balaban J connectivity index is 1.42. The highest BCUT2D eigenvalue weighted by molar-refractivity contribution is 5.81. The van der Waals surface area contributed by atoms with Crippen LogP contribution in [0.2, 0.25) is 0 Å². The third-order valence-electron chi connectivity index (χ3n) is 6.50. The zero-order valence-electron chi connectivity index (χ0n) is 16.1. The fourth-order valence-electron chi connectivity index (χ4n) is 4.78. The topological polar surface area (TPSA) is 28.5 Å². The number of rotatable bonds is 4. The molecule has 144 valence electrons. The van der Waals surface area contributed by atoms with Gasteiger partial charge in [0, 0.05) is 49.7 Å². The molecule has 5 heteroatoms. The highest BCUT2D eigenvalue weighted by atomic mass is 19.1. The number of likely N-dealkylation sites (tertiary alicyclic amines) is 2. The van der Waals surface area contributed by atoms with Crippen molar-refractivity contribution in [1.29, 1.82) is 0 Å². The Hall–Kier alpha value is -2.14. The SMILES string of the molecule is C=CCN1CC2(CCC1=O)CCN(Cc1cc3cc(F)ccc3n1C)CC2. The van der Waals surface area contributed by atoms with Gasteiger partial charge in [0.2, 0.25) is 5.91 Å². The van der Waals surface area contributed by atoms with Gasteiger partial charge in [0.1, 0.15) is 5.82 Å². The molecule has 0 aliphatic carbocycles. The number of piperidine rings is 2. The van der Waals surface area contributed by atoms with E-state index in [9.17, 15) is 9.18 Å². The number of nitrogens with zero attached hydrogens (tertiary/aromatic N) is 3. The second kappa shape index (κ2) is 7.12. The Labute approximate surface area is 160 Å². The number of benzene rings is 1. The number of hydrogen-bond acceptors (Lipinski definition) is 2. The zero-order valence-corrected chi connectivity index (χ0v) is 16.1. The van der Waals surface area contributed by atoms with Crippen molar-refractivity contribution in [3.05, 3.63) is 48.4 Å². The minimum absolute atomic E-state index is 0.185. The maximum Gasteiger partial charge on any atom is 0.222 e. The van der Waals surface area contributed by atoms with Crippen LogP contribution in [0.4, 0.5) is 4.39 Å². The summed E-state index contributed by atoms with van der Waals surface area (Å²) in [6.45, 7) is 8.31. The van der Waals surface area contributed by atoms with E-state index < -0.39 is 0 Å². The van der Waals surface area contributed by atoms with E-state index >= 15 is 0 Å². The molecule has 1 amide bonds. The molecule has 27 heavy (non-hydrogen) atoms. The highest BCUT2D eigenvalue weighted by Crippen LogP contribution is 2.40. The van der Waals surface area contributed by atoms with Crippen molar-refractivity contribution in [3.8, 4) is 0 Å². The number of carbonyl (C=O) groups excluding carboxylic acids is 1. The molecule has 1 aromatic carbocycles. The summed E-state index contributed by atoms with van der Waals surface area (Å²) in [5.74, 6) is 0.0844. The van der Waals surface area contributed by atoms with E-state index in [-0.39, 0.29) is 17.1 Å². The first-order valence-corrected chi connectivity index (χ1v) is 9.85. The van der Waals surface area contributed by atoms with Crippen LogP contribution in [0.15, 0.2) is 36.9 Å². The molecule has 0 bridgehead atoms. The summed E-state index contributed by atoms with van der Waals surface area (Å²) in [5, 5.41) is 0.965. The van der Waals surface area contributed by atoms with Gasteiger partial charge in [-0.25, -0.2) is 4.39 Å². The zero-order chi connectivity index (χ0) is 19.0. The van der Waals surface area contributed by atoms with Crippen molar-refractivity contribution in [1.82, 2.24) is 14.4 Å². The van der Waals surface area contributed by atoms with E-state index in [4.69, 9.17) is 0 Å². The van der Waals surface area contributed by atoms with Crippen molar-refractivity contribution in [2.75, 3.05) is 26.2 Å². The van der Waals surface area contributed by atoms with Gasteiger partial charge in [0.15, 0.2) is 0 Å². The molecule has 1 aromatic heterocycles. The summed E-state index contributed by atoms with van der Waals surface area (Å²) >= 11 is 0. The van der Waals surface area contributed by atoms with Crippen LogP contribution in [-0.4, -0.2) is 46.5 Å². The van der Waals surface area contributed by atoms with Gasteiger partial charge in [-0.05, 0) is 62.0 Å². The molecule has 2 fully saturated rings. The first-order valence-electron chi connectivity index (χ1n) is 9.85. The Kier molecular flexibility index (Phi) is 4.81. The van der Waals surface area contributed by atoms with Crippen molar-refractivity contribution in [2.24, 2.45) is 12.5 Å². The Morgan fingerprint density at radius 2 is 2.00 bits per heavy atom. The second-order valence-electron chi connectivity index (χ2n) is 8.24. The number of hydrogen-bond donors (Lipinski definition) is 0. The predicted molar refractivity (Wildman–Crippen MR) is 106 cm³/mol. The van der Waals surface area contributed by atoms with E-state index in [1.807, 2.05) is 17.0 Å². The molecule has 0 N–H and O–H groups in total. The average Bonchev–Trinajstić information content (AvgIpc) is 2.95. The molecule has 2 aliphatic rings. The fourth-order valence-corrected chi connectivity index (χ4v) is 4.78. The molecule has 2 aliphatic heterocycles. The molecule has 0 saturated carbocycles. The minimum Gasteiger partial charge on any atom is -0.346 e. The lowest BCUT2D eigenvalue weighted by atomic mass is 9.72. The van der Waals surface area contributed by atoms with Crippen molar-refractivity contribution in [2.45, 2.75) is 32.2 Å². The van der Waals surface area contributed by atoms with Crippen LogP contribution in [0.1, 0.15) is 31.4 Å². The van der Waals surface area contributed by atoms with E-state index in [1.54, 1.807) is 6.07 Å². The summed E-state index contributed by atoms with van der Waals surface area (Å²) in [4.78, 5) is 16.6. The van der Waals surface area contributed by atoms with Gasteiger partial charge < -0.3 is 9.47 Å². The van der Waals surface area contributed by atoms with Crippen molar-refractivity contribution >= 4 is 16.8 Å². The molecule has 4 rings (SSSR count). The third kappa shape index (κ3) is 3.53. The lowest BCUT2D eigenvalue weighted by Crippen LogP contribution is -2.51. The molecule has 1 spiro atoms. The number of fused-ring (bicyclic) bond motifs is 1. The Morgan fingerprint density at radius 1 is 1.22 bits per heavy atom. The molecule has 0 radical (unpaired) electrons. The summed E-state index contributed by atoms with van der Waals surface area (Å²) in [7, 11) is 2.06. The van der Waals surface area contributed by atoms with Gasteiger partial charge >= 0.3 is 0 Å². The first-order chi connectivity index (χ1) is 13.0. The quantitative estimate of drug-likeness (QED) is 0.769. The van der Waals surface area contributed by atoms with Crippen LogP contribution in [0.25, 0.3) is 10.9 Å². The average molecular weight is 369 g/mol. The maximum absolute atomic E-state index is 13.5. The molecule has 0 unspecified atom stereocenters. The smallest absolute Gasteiger partial charge is 0.222 e. The minimum atomic E-state index is -0.185. The predicted octanol–water partition coefficient (Wildman–Crippen LogP) is 3.71. The van der Waals surface area contributed by atoms with Crippen LogP contribution in [0.3, 0.4) is 0 Å². The van der Waals surface area contributed by atoms with Crippen molar-refractivity contribution < 1.29 is 9.18 Å². The Bertz CT molecular complexity index is 864. The van der Waals surface area contributed by atoms with Gasteiger partial charge in [-0.15, -0.1) is 6.58 Å². The van der Waals surface area contributed by atoms with Crippen molar-refractivity contribution in [3.63, 3.8) is 0 Å². The number of amides is 1. The largest absolute Gasteiger partial charge is 0.346 e. The second-order valence-corrected chi connectivity index (χ2v) is 8.24. The van der Waals surface area contributed by atoms with Gasteiger partial charge in [-0.1, -0.05) is 6.08 Å². The lowest BCUT2D eigenvalue weighted by molar-refractivity contribution is -0.138. The molecular weight excluding hydrogens is 341 g/mol. The maximum atomic E-state index is 13.5. The van der Waals surface area contributed by atoms with Crippen LogP contribution < -0.4 is 0 Å². The van der Waals surface area contributed by atoms with Crippen LogP contribution in [0, 0.1) is 11.2 Å². The first kappa shape index (κ1) is 18.2. The van der Waals surface area contributed by atoms with Crippen LogP contribution in [0.5, 0.6) is 0 Å². The van der Waals surface area contributed by atoms with Crippen LogP contribution >= 0.6 is 0 Å². The lowest BCUT2D eigenvalue weighted by Gasteiger charge is -2.47. The van der Waals surface area contributed by atoms with Gasteiger partial charge in [0.25, 0.3) is 0 Å². The molecule has 0 atom stereocenters. The highest BCUT2D eigenvalue weighted by Gasteiger charge is 2.40. The van der Waals surface area contributed by atoms with E-state index in [0.717, 1.165) is 56.3 Å². The van der Waals surface area contributed by atoms with E-state index in [1.165, 1.54) is 11.8 Å². The number of aryl methyl sites for hydroxylation is 1. The summed E-state index contributed by atoms with van der Waals surface area (Å²) in [6.07, 6.45) is 5.77. The summed E-state index contributed by atoms with van der Waals surface area (Å²) in [6, 6.07) is 7.09. The Morgan fingerprint density at radius 3 is 2.74 bits per heavy atom. The number of carbonyl (C=O) groups is 1. The van der Waals surface area contributed by atoms with Crippen LogP contribution in [-0.2, 0) is 18.4 Å². The van der Waals surface area contributed by atoms with E-state index in [0.29, 0.717) is 13.0 Å². The number of aromatic nitrogens is 1.